The quantitative estimate of drug-likeness (QED) is 0.770. The number of thiocarbonyl (C=S) groups is 1. The summed E-state index contributed by atoms with van der Waals surface area (Å²) in [6.45, 7) is 4.23. The van der Waals surface area contributed by atoms with Crippen LogP contribution in [0.4, 0.5) is 0 Å². The Hall–Kier alpha value is -0.610. The molecule has 2 nitrogen and oxygen atoms in total. The molecule has 2 atom stereocenters. The van der Waals surface area contributed by atoms with Crippen LogP contribution in [0.15, 0.2) is 24.5 Å². The molecule has 88 valence electrons. The Kier molecular flexibility index (Phi) is 5.77. The van der Waals surface area contributed by atoms with Gasteiger partial charge in [-0.1, -0.05) is 24.8 Å². The first kappa shape index (κ1) is 13.5. The maximum absolute atomic E-state index is 5.61. The van der Waals surface area contributed by atoms with Gasteiger partial charge in [-0.2, -0.15) is 0 Å². The first-order valence-corrected chi connectivity index (χ1v) is 6.90. The van der Waals surface area contributed by atoms with Crippen LogP contribution in [0.3, 0.4) is 0 Å². The average molecular weight is 255 g/mol. The molecular weight excluding hydrogens is 238 g/mol. The molecule has 0 fully saturated rings. The fraction of sp³-hybridized carbons (Fsp3) is 0.500. The second-order valence-corrected chi connectivity index (χ2v) is 5.23. The van der Waals surface area contributed by atoms with Crippen LogP contribution in [-0.4, -0.2) is 21.7 Å². The zero-order chi connectivity index (χ0) is 12.0. The molecule has 0 bridgehead atoms. The van der Waals surface area contributed by atoms with Crippen molar-refractivity contribution in [1.29, 1.82) is 0 Å². The van der Waals surface area contributed by atoms with E-state index in [0.29, 0.717) is 10.3 Å². The third-order valence-corrected chi connectivity index (χ3v) is 3.56. The van der Waals surface area contributed by atoms with E-state index in [1.807, 2.05) is 18.5 Å². The van der Waals surface area contributed by atoms with Gasteiger partial charge in [0.15, 0.2) is 0 Å². The number of aromatic nitrogens is 1. The fourth-order valence-electron chi connectivity index (χ4n) is 1.37. The lowest BCUT2D eigenvalue weighted by Gasteiger charge is -2.21. The van der Waals surface area contributed by atoms with E-state index >= 15 is 0 Å². The monoisotopic (exact) mass is 255 g/mol. The second-order valence-electron chi connectivity index (χ2n) is 3.82. The third kappa shape index (κ3) is 4.49. The predicted octanol–water partition coefficient (Wildman–Crippen LogP) is 3.31. The molecule has 1 unspecified atom stereocenters. The van der Waals surface area contributed by atoms with Gasteiger partial charge in [-0.25, -0.2) is 0 Å². The molecule has 0 radical (unpaired) electrons. The molecule has 0 aliphatic rings. The lowest BCUT2D eigenvalue weighted by atomic mass is 9.98. The molecule has 1 aromatic rings. The van der Waals surface area contributed by atoms with Crippen molar-refractivity contribution >= 4 is 28.4 Å². The first-order valence-electron chi connectivity index (χ1n) is 5.27. The van der Waals surface area contributed by atoms with Crippen molar-refractivity contribution in [1.82, 2.24) is 4.98 Å². The molecule has 0 N–H and O–H groups in total. The topological polar surface area (TPSA) is 22.1 Å². The lowest BCUT2D eigenvalue weighted by Crippen LogP contribution is -2.21. The van der Waals surface area contributed by atoms with Crippen LogP contribution < -0.4 is 0 Å². The van der Waals surface area contributed by atoms with Crippen molar-refractivity contribution in [2.45, 2.75) is 26.4 Å². The fourth-order valence-corrected chi connectivity index (χ4v) is 1.77. The largest absolute Gasteiger partial charge is 0.475 e. The smallest absolute Gasteiger partial charge is 0.219 e. The van der Waals surface area contributed by atoms with Crippen LogP contribution in [-0.2, 0) is 11.2 Å². The van der Waals surface area contributed by atoms with Crippen molar-refractivity contribution < 1.29 is 4.74 Å². The van der Waals surface area contributed by atoms with Gasteiger partial charge in [-0.15, -0.1) is 0 Å². The minimum absolute atomic E-state index is 0.139. The summed E-state index contributed by atoms with van der Waals surface area (Å²) in [4.78, 5) is 4.10. The number of rotatable bonds is 4. The van der Waals surface area contributed by atoms with Crippen LogP contribution in [0.2, 0.25) is 0 Å². The van der Waals surface area contributed by atoms with Gasteiger partial charge in [0, 0.05) is 12.4 Å². The minimum Gasteiger partial charge on any atom is -0.475 e. The lowest BCUT2D eigenvalue weighted by molar-refractivity contribution is 0.158. The molecule has 0 aliphatic carbocycles. The highest BCUT2D eigenvalue weighted by atomic mass is 32.2. The van der Waals surface area contributed by atoms with Gasteiger partial charge >= 0.3 is 0 Å². The van der Waals surface area contributed by atoms with Gasteiger partial charge in [0.25, 0.3) is 0 Å². The van der Waals surface area contributed by atoms with Gasteiger partial charge in [-0.05, 0) is 49.4 Å². The minimum atomic E-state index is 0.139. The highest BCUT2D eigenvalue weighted by Crippen LogP contribution is 2.16. The molecule has 1 aromatic heterocycles. The Morgan fingerprint density at radius 1 is 1.56 bits per heavy atom. The maximum atomic E-state index is 5.61. The number of thioether (sulfide) groups is 1. The van der Waals surface area contributed by atoms with Crippen molar-refractivity contribution in [3.05, 3.63) is 30.1 Å². The summed E-state index contributed by atoms with van der Waals surface area (Å²) in [5.74, 6) is 0.425. The molecule has 0 saturated heterocycles. The van der Waals surface area contributed by atoms with Crippen molar-refractivity contribution in [3.8, 4) is 0 Å². The zero-order valence-electron chi connectivity index (χ0n) is 9.84. The Morgan fingerprint density at radius 3 is 2.88 bits per heavy atom. The number of hydrogen-bond donors (Lipinski definition) is 0. The Bertz CT molecular complexity index is 329. The summed E-state index contributed by atoms with van der Waals surface area (Å²) in [6, 6.07) is 4.04. The van der Waals surface area contributed by atoms with Crippen LogP contribution in [0.5, 0.6) is 0 Å². The summed E-state index contributed by atoms with van der Waals surface area (Å²) in [6.07, 6.45) is 6.72. The second kappa shape index (κ2) is 6.86. The third-order valence-electron chi connectivity index (χ3n) is 2.53. The summed E-state index contributed by atoms with van der Waals surface area (Å²) < 4.78 is 6.22. The molecule has 1 rings (SSSR count). The first-order chi connectivity index (χ1) is 7.63. The molecule has 4 heteroatoms. The summed E-state index contributed by atoms with van der Waals surface area (Å²) in [5, 5.41) is 0. The van der Waals surface area contributed by atoms with Crippen LogP contribution >= 0.6 is 24.0 Å². The Labute approximate surface area is 107 Å². The van der Waals surface area contributed by atoms with Gasteiger partial charge < -0.3 is 4.74 Å². The van der Waals surface area contributed by atoms with Gasteiger partial charge in [-0.3, -0.25) is 4.98 Å². The van der Waals surface area contributed by atoms with Crippen LogP contribution in [0, 0.1) is 5.92 Å². The SMILES string of the molecule is CSC(=S)OC(C)[C@@H](C)Cc1cccnc1. The van der Waals surface area contributed by atoms with E-state index in [1.54, 1.807) is 6.20 Å². The summed E-state index contributed by atoms with van der Waals surface area (Å²) >= 11 is 6.52. The molecule has 1 heterocycles. The zero-order valence-corrected chi connectivity index (χ0v) is 11.5. The highest BCUT2D eigenvalue weighted by molar-refractivity contribution is 8.22. The van der Waals surface area contributed by atoms with Crippen LogP contribution in [0.1, 0.15) is 19.4 Å². The number of nitrogens with zero attached hydrogens (tertiary/aromatic N) is 1. The normalized spacial score (nSPS) is 14.2. The Balaban J connectivity index is 2.46. The van der Waals surface area contributed by atoms with E-state index in [-0.39, 0.29) is 6.10 Å². The summed E-state index contributed by atoms with van der Waals surface area (Å²) in [7, 11) is 0. The van der Waals surface area contributed by atoms with Gasteiger partial charge in [0.1, 0.15) is 6.10 Å². The molecule has 0 saturated carbocycles. The molecule has 0 amide bonds. The van der Waals surface area contributed by atoms with Crippen molar-refractivity contribution in [2.24, 2.45) is 5.92 Å². The van der Waals surface area contributed by atoms with Gasteiger partial charge in [0.05, 0.1) is 0 Å². The molecule has 0 spiro atoms. The van der Waals surface area contributed by atoms with E-state index in [0.717, 1.165) is 6.42 Å². The Morgan fingerprint density at radius 2 is 2.31 bits per heavy atom. The summed E-state index contributed by atoms with van der Waals surface area (Å²) in [5.41, 5.74) is 1.24. The molecule has 0 aromatic carbocycles. The van der Waals surface area contributed by atoms with E-state index in [1.165, 1.54) is 17.3 Å². The molecule has 16 heavy (non-hydrogen) atoms. The van der Waals surface area contributed by atoms with E-state index in [2.05, 4.69) is 24.9 Å². The standard InChI is InChI=1S/C12H17NOS2/c1-9(10(2)14-12(15)16-3)7-11-5-4-6-13-8-11/h4-6,8-10H,7H2,1-3H3/t9-,10?/m0/s1. The van der Waals surface area contributed by atoms with Crippen molar-refractivity contribution in [3.63, 3.8) is 0 Å². The predicted molar refractivity (Wildman–Crippen MR) is 73.8 cm³/mol. The van der Waals surface area contributed by atoms with E-state index < -0.39 is 0 Å². The maximum Gasteiger partial charge on any atom is 0.219 e. The number of pyridine rings is 1. The van der Waals surface area contributed by atoms with Crippen molar-refractivity contribution in [2.75, 3.05) is 6.26 Å². The number of hydrogen-bond acceptors (Lipinski definition) is 4. The molecular formula is C12H17NOS2. The van der Waals surface area contributed by atoms with E-state index in [9.17, 15) is 0 Å². The van der Waals surface area contributed by atoms with E-state index in [4.69, 9.17) is 17.0 Å². The molecule has 0 aliphatic heterocycles. The highest BCUT2D eigenvalue weighted by Gasteiger charge is 2.15. The van der Waals surface area contributed by atoms with Crippen LogP contribution in [0.25, 0.3) is 0 Å². The van der Waals surface area contributed by atoms with Gasteiger partial charge in [0.2, 0.25) is 4.38 Å². The number of ether oxygens (including phenoxy) is 1. The average Bonchev–Trinajstić information content (AvgIpc) is 2.30.